The molecule has 2 nitrogen and oxygen atoms in total. The van der Waals surface area contributed by atoms with E-state index < -0.39 is 0 Å². The van der Waals surface area contributed by atoms with Crippen molar-refractivity contribution in [2.75, 3.05) is 0 Å². The molecule has 1 heterocycles. The summed E-state index contributed by atoms with van der Waals surface area (Å²) in [4.78, 5) is 11.5. The highest BCUT2D eigenvalue weighted by atomic mass is 16.1. The Morgan fingerprint density at radius 3 is 2.93 bits per heavy atom. The van der Waals surface area contributed by atoms with Crippen molar-refractivity contribution in [2.24, 2.45) is 0 Å². The molecule has 14 heavy (non-hydrogen) atoms. The third-order valence-corrected chi connectivity index (χ3v) is 2.46. The van der Waals surface area contributed by atoms with Crippen molar-refractivity contribution in [3.05, 3.63) is 46.2 Å². The molecule has 0 fully saturated rings. The maximum Gasteiger partial charge on any atom is 0.197 e. The van der Waals surface area contributed by atoms with Gasteiger partial charge in [0.2, 0.25) is 0 Å². The van der Waals surface area contributed by atoms with Gasteiger partial charge in [0, 0.05) is 18.1 Å². The SMILES string of the molecule is CCn1c[c]c(=O)c2cccc(C)c21. The number of rotatable bonds is 1. The largest absolute Gasteiger partial charge is 0.347 e. The van der Waals surface area contributed by atoms with Gasteiger partial charge in [-0.2, -0.15) is 0 Å². The van der Waals surface area contributed by atoms with Crippen molar-refractivity contribution < 1.29 is 0 Å². The van der Waals surface area contributed by atoms with Crippen LogP contribution in [0.4, 0.5) is 0 Å². The predicted octanol–water partition coefficient (Wildman–Crippen LogP) is 2.13. The molecule has 0 spiro atoms. The van der Waals surface area contributed by atoms with Gasteiger partial charge in [-0.25, -0.2) is 0 Å². The van der Waals surface area contributed by atoms with E-state index in [1.807, 2.05) is 29.7 Å². The molecule has 0 saturated carbocycles. The Labute approximate surface area is 82.8 Å². The van der Waals surface area contributed by atoms with Crippen LogP contribution in [0.1, 0.15) is 12.5 Å². The third kappa shape index (κ3) is 1.23. The molecule has 71 valence electrons. The fraction of sp³-hybridized carbons (Fsp3) is 0.250. The summed E-state index contributed by atoms with van der Waals surface area (Å²) in [7, 11) is 0. The van der Waals surface area contributed by atoms with E-state index in [-0.39, 0.29) is 5.43 Å². The average molecular weight is 186 g/mol. The first-order chi connectivity index (χ1) is 6.74. The van der Waals surface area contributed by atoms with Crippen molar-refractivity contribution in [1.29, 1.82) is 0 Å². The van der Waals surface area contributed by atoms with E-state index in [0.717, 1.165) is 23.0 Å². The number of para-hydroxylation sites is 1. The molecular formula is C12H12NO. The third-order valence-electron chi connectivity index (χ3n) is 2.46. The van der Waals surface area contributed by atoms with E-state index in [4.69, 9.17) is 0 Å². The van der Waals surface area contributed by atoms with Gasteiger partial charge in [0.05, 0.1) is 11.6 Å². The van der Waals surface area contributed by atoms with Crippen LogP contribution in [0.3, 0.4) is 0 Å². The first-order valence-electron chi connectivity index (χ1n) is 4.74. The fourth-order valence-electron chi connectivity index (χ4n) is 1.75. The number of nitrogens with zero attached hydrogens (tertiary/aromatic N) is 1. The molecular weight excluding hydrogens is 174 g/mol. The Morgan fingerprint density at radius 1 is 1.43 bits per heavy atom. The highest BCUT2D eigenvalue weighted by Gasteiger charge is 2.03. The summed E-state index contributed by atoms with van der Waals surface area (Å²) in [6.07, 6.45) is 1.73. The quantitative estimate of drug-likeness (QED) is 0.668. The summed E-state index contributed by atoms with van der Waals surface area (Å²) in [6, 6.07) is 8.51. The lowest BCUT2D eigenvalue weighted by Gasteiger charge is -2.09. The number of fused-ring (bicyclic) bond motifs is 1. The smallest absolute Gasteiger partial charge is 0.197 e. The van der Waals surface area contributed by atoms with Crippen molar-refractivity contribution in [3.63, 3.8) is 0 Å². The van der Waals surface area contributed by atoms with Crippen LogP contribution in [-0.4, -0.2) is 4.57 Å². The van der Waals surface area contributed by atoms with Gasteiger partial charge in [0.1, 0.15) is 0 Å². The van der Waals surface area contributed by atoms with Gasteiger partial charge in [-0.3, -0.25) is 4.79 Å². The van der Waals surface area contributed by atoms with Crippen molar-refractivity contribution in [1.82, 2.24) is 4.57 Å². The van der Waals surface area contributed by atoms with Crippen LogP contribution in [0.15, 0.2) is 29.2 Å². The standard InChI is InChI=1S/C12H12NO/c1-3-13-8-7-11(14)10-6-4-5-9(2)12(10)13/h4-6,8H,3H2,1-2H3. The first kappa shape index (κ1) is 9.00. The lowest BCUT2D eigenvalue weighted by atomic mass is 10.1. The molecule has 0 unspecified atom stereocenters. The van der Waals surface area contributed by atoms with Crippen LogP contribution in [0.5, 0.6) is 0 Å². The number of benzene rings is 1. The van der Waals surface area contributed by atoms with Gasteiger partial charge in [-0.05, 0) is 25.5 Å². The molecule has 0 aliphatic carbocycles. The molecule has 2 heteroatoms. The maximum atomic E-state index is 11.5. The van der Waals surface area contributed by atoms with Crippen LogP contribution >= 0.6 is 0 Å². The summed E-state index contributed by atoms with van der Waals surface area (Å²) in [6.45, 7) is 4.94. The summed E-state index contributed by atoms with van der Waals surface area (Å²) in [5.74, 6) is 0. The van der Waals surface area contributed by atoms with Gasteiger partial charge in [0.15, 0.2) is 5.43 Å². The molecule has 2 aromatic rings. The van der Waals surface area contributed by atoms with E-state index in [2.05, 4.69) is 13.0 Å². The molecule has 0 atom stereocenters. The van der Waals surface area contributed by atoms with Gasteiger partial charge >= 0.3 is 0 Å². The van der Waals surface area contributed by atoms with E-state index in [0.29, 0.717) is 0 Å². The summed E-state index contributed by atoms with van der Waals surface area (Å²) >= 11 is 0. The normalized spacial score (nSPS) is 10.7. The van der Waals surface area contributed by atoms with E-state index in [1.165, 1.54) is 0 Å². The number of hydrogen-bond acceptors (Lipinski definition) is 1. The number of aromatic nitrogens is 1. The molecule has 1 aromatic carbocycles. The molecule has 2 rings (SSSR count). The Bertz CT molecular complexity index is 525. The Hall–Kier alpha value is -1.57. The molecule has 0 amide bonds. The van der Waals surface area contributed by atoms with Crippen LogP contribution < -0.4 is 5.43 Å². The minimum absolute atomic E-state index is 0.0200. The van der Waals surface area contributed by atoms with Crippen molar-refractivity contribution in [3.8, 4) is 0 Å². The van der Waals surface area contributed by atoms with Crippen molar-refractivity contribution in [2.45, 2.75) is 20.4 Å². The monoisotopic (exact) mass is 186 g/mol. The second kappa shape index (κ2) is 3.29. The van der Waals surface area contributed by atoms with Gasteiger partial charge in [-0.1, -0.05) is 12.1 Å². The maximum absolute atomic E-state index is 11.5. The van der Waals surface area contributed by atoms with Gasteiger partial charge in [-0.15, -0.1) is 0 Å². The molecule has 0 aliphatic heterocycles. The number of aryl methyl sites for hydroxylation is 2. The molecule has 1 aromatic heterocycles. The summed E-state index contributed by atoms with van der Waals surface area (Å²) in [5, 5.41) is 0.759. The Kier molecular flexibility index (Phi) is 2.12. The molecule has 0 N–H and O–H groups in total. The Balaban J connectivity index is 3.00. The second-order valence-corrected chi connectivity index (χ2v) is 3.36. The lowest BCUT2D eigenvalue weighted by Crippen LogP contribution is -2.08. The molecule has 0 bridgehead atoms. The van der Waals surface area contributed by atoms with Crippen LogP contribution in [0.25, 0.3) is 10.9 Å². The van der Waals surface area contributed by atoms with Crippen molar-refractivity contribution >= 4 is 10.9 Å². The summed E-state index contributed by atoms with van der Waals surface area (Å²) < 4.78 is 2.05. The zero-order valence-corrected chi connectivity index (χ0v) is 8.37. The lowest BCUT2D eigenvalue weighted by molar-refractivity contribution is 0.784. The topological polar surface area (TPSA) is 22.0 Å². The first-order valence-corrected chi connectivity index (χ1v) is 4.74. The average Bonchev–Trinajstić information content (AvgIpc) is 2.20. The highest BCUT2D eigenvalue weighted by Crippen LogP contribution is 2.14. The van der Waals surface area contributed by atoms with Gasteiger partial charge < -0.3 is 4.57 Å². The van der Waals surface area contributed by atoms with E-state index in [1.54, 1.807) is 6.20 Å². The second-order valence-electron chi connectivity index (χ2n) is 3.36. The fourth-order valence-corrected chi connectivity index (χ4v) is 1.75. The molecule has 1 radical (unpaired) electrons. The number of hydrogen-bond donors (Lipinski definition) is 0. The molecule has 0 aliphatic rings. The zero-order chi connectivity index (χ0) is 10.1. The zero-order valence-electron chi connectivity index (χ0n) is 8.37. The minimum Gasteiger partial charge on any atom is -0.347 e. The highest BCUT2D eigenvalue weighted by molar-refractivity contribution is 5.81. The van der Waals surface area contributed by atoms with Crippen LogP contribution in [-0.2, 0) is 6.54 Å². The minimum atomic E-state index is -0.0200. The predicted molar refractivity (Wildman–Crippen MR) is 57.5 cm³/mol. The molecule has 0 saturated heterocycles. The van der Waals surface area contributed by atoms with Gasteiger partial charge in [0.25, 0.3) is 0 Å². The number of pyridine rings is 1. The van der Waals surface area contributed by atoms with E-state index >= 15 is 0 Å². The summed E-state index contributed by atoms with van der Waals surface area (Å²) in [5.41, 5.74) is 2.14. The Morgan fingerprint density at radius 2 is 2.21 bits per heavy atom. The van der Waals surface area contributed by atoms with E-state index in [9.17, 15) is 4.79 Å². The van der Waals surface area contributed by atoms with Crippen LogP contribution in [0.2, 0.25) is 0 Å². The van der Waals surface area contributed by atoms with Crippen LogP contribution in [0, 0.1) is 13.0 Å².